The predicted octanol–water partition coefficient (Wildman–Crippen LogP) is 2.68. The van der Waals surface area contributed by atoms with E-state index in [0.29, 0.717) is 10.6 Å². The third kappa shape index (κ3) is 3.06. The molecule has 1 amide bonds. The number of hydrazine groups is 1. The Morgan fingerprint density at radius 2 is 2.19 bits per heavy atom. The number of nitrogen functional groups attached to an aromatic ring is 1. The number of nitrogens with one attached hydrogen (secondary N) is 1. The largest absolute Gasteiger partial charge is 0.493 e. The van der Waals surface area contributed by atoms with Gasteiger partial charge in [-0.15, -0.1) is 11.3 Å². The van der Waals surface area contributed by atoms with Gasteiger partial charge in [-0.05, 0) is 30.7 Å². The van der Waals surface area contributed by atoms with Crippen LogP contribution in [0.25, 0.3) is 10.6 Å². The van der Waals surface area contributed by atoms with Crippen molar-refractivity contribution in [2.75, 3.05) is 6.61 Å². The van der Waals surface area contributed by atoms with Crippen molar-refractivity contribution in [3.05, 3.63) is 34.3 Å². The first-order valence-electron chi connectivity index (χ1n) is 6.93. The number of aryl methyl sites for hydroxylation is 1. The number of rotatable bonds is 2. The minimum Gasteiger partial charge on any atom is -0.493 e. The molecular formula is C15H19N3O2S. The lowest BCUT2D eigenvalue weighted by Gasteiger charge is -2.00. The number of fused-ring (bicyclic) bond motifs is 1. The number of ether oxygens (including phenoxy) is 1. The molecule has 0 radical (unpaired) electrons. The number of aromatic nitrogens is 1. The molecular weight excluding hydrogens is 286 g/mol. The highest BCUT2D eigenvalue weighted by molar-refractivity contribution is 7.17. The van der Waals surface area contributed by atoms with Crippen LogP contribution >= 0.6 is 11.3 Å². The number of carbonyl (C=O) groups is 1. The minimum atomic E-state index is -0.300. The smallest absolute Gasteiger partial charge is 0.277 e. The molecule has 0 unspecified atom stereocenters. The lowest BCUT2D eigenvalue weighted by molar-refractivity contribution is 0.0957. The van der Waals surface area contributed by atoms with Gasteiger partial charge in [0.15, 0.2) is 0 Å². The third-order valence-electron chi connectivity index (χ3n) is 3.07. The first kappa shape index (κ1) is 15.5. The maximum absolute atomic E-state index is 11.6. The molecule has 0 spiro atoms. The van der Waals surface area contributed by atoms with Crippen molar-refractivity contribution >= 4 is 17.2 Å². The first-order valence-corrected chi connectivity index (χ1v) is 7.75. The van der Waals surface area contributed by atoms with E-state index in [1.165, 1.54) is 16.9 Å². The zero-order chi connectivity index (χ0) is 15.4. The van der Waals surface area contributed by atoms with Gasteiger partial charge in [0.2, 0.25) is 0 Å². The topological polar surface area (TPSA) is 77.2 Å². The summed E-state index contributed by atoms with van der Waals surface area (Å²) in [6.45, 7) is 6.54. The van der Waals surface area contributed by atoms with Crippen molar-refractivity contribution in [2.45, 2.75) is 27.2 Å². The quantitative estimate of drug-likeness (QED) is 0.508. The number of carbonyl (C=O) groups excluding carboxylic acids is 1. The first-order chi connectivity index (χ1) is 10.2. The highest BCUT2D eigenvalue weighted by Crippen LogP contribution is 2.33. The number of thiazole rings is 1. The van der Waals surface area contributed by atoms with E-state index >= 15 is 0 Å². The van der Waals surface area contributed by atoms with Gasteiger partial charge < -0.3 is 4.74 Å². The fraction of sp³-hybridized carbons (Fsp3) is 0.333. The molecule has 2 heterocycles. The second-order valence-electron chi connectivity index (χ2n) is 4.33. The Bertz CT molecular complexity index is 652. The molecule has 1 aromatic carbocycles. The Labute approximate surface area is 128 Å². The SMILES string of the molecule is CC.Cc1nc(-c2ccc3c(c2)CCO3)sc1C(=O)NN. The van der Waals surface area contributed by atoms with Gasteiger partial charge in [-0.2, -0.15) is 0 Å². The summed E-state index contributed by atoms with van der Waals surface area (Å²) in [5.41, 5.74) is 5.03. The molecule has 1 aliphatic heterocycles. The predicted molar refractivity (Wildman–Crippen MR) is 84.5 cm³/mol. The molecule has 1 aromatic heterocycles. The summed E-state index contributed by atoms with van der Waals surface area (Å²) < 4.78 is 5.48. The van der Waals surface area contributed by atoms with Gasteiger partial charge in [-0.25, -0.2) is 10.8 Å². The van der Waals surface area contributed by atoms with E-state index in [1.54, 1.807) is 6.92 Å². The van der Waals surface area contributed by atoms with Crippen molar-refractivity contribution in [2.24, 2.45) is 5.84 Å². The Kier molecular flexibility index (Phi) is 4.93. The molecule has 0 saturated carbocycles. The lowest BCUT2D eigenvalue weighted by atomic mass is 10.1. The number of nitrogens with two attached hydrogens (primary N) is 1. The summed E-state index contributed by atoms with van der Waals surface area (Å²) in [5.74, 6) is 5.80. The number of hydrogen-bond acceptors (Lipinski definition) is 5. The van der Waals surface area contributed by atoms with Crippen molar-refractivity contribution in [1.29, 1.82) is 0 Å². The molecule has 1 aliphatic rings. The monoisotopic (exact) mass is 305 g/mol. The molecule has 0 aliphatic carbocycles. The van der Waals surface area contributed by atoms with Crippen LogP contribution < -0.4 is 16.0 Å². The van der Waals surface area contributed by atoms with Gasteiger partial charge >= 0.3 is 0 Å². The van der Waals surface area contributed by atoms with Gasteiger partial charge in [0.25, 0.3) is 5.91 Å². The summed E-state index contributed by atoms with van der Waals surface area (Å²) in [5, 5.41) is 0.825. The van der Waals surface area contributed by atoms with E-state index in [9.17, 15) is 4.79 Å². The van der Waals surface area contributed by atoms with Crippen LogP contribution in [0.15, 0.2) is 18.2 Å². The van der Waals surface area contributed by atoms with Gasteiger partial charge in [-0.3, -0.25) is 10.2 Å². The van der Waals surface area contributed by atoms with Crippen LogP contribution in [0.1, 0.15) is 34.8 Å². The molecule has 21 heavy (non-hydrogen) atoms. The highest BCUT2D eigenvalue weighted by atomic mass is 32.1. The zero-order valence-corrected chi connectivity index (χ0v) is 13.2. The molecule has 0 atom stereocenters. The standard InChI is InChI=1S/C13H13N3O2S.C2H6/c1-7-11(12(17)16-14)19-13(15-7)9-2-3-10-8(6-9)4-5-18-10;1-2/h2-3,6H,4-5,14H2,1H3,(H,16,17);1-2H3. The van der Waals surface area contributed by atoms with E-state index in [4.69, 9.17) is 10.6 Å². The van der Waals surface area contributed by atoms with Gasteiger partial charge in [0.05, 0.1) is 12.3 Å². The second-order valence-corrected chi connectivity index (χ2v) is 5.33. The average molecular weight is 305 g/mol. The van der Waals surface area contributed by atoms with Crippen LogP contribution in [0.5, 0.6) is 5.75 Å². The molecule has 5 nitrogen and oxygen atoms in total. The van der Waals surface area contributed by atoms with E-state index in [2.05, 4.69) is 16.5 Å². The van der Waals surface area contributed by atoms with E-state index in [-0.39, 0.29) is 5.91 Å². The second kappa shape index (κ2) is 6.69. The third-order valence-corrected chi connectivity index (χ3v) is 4.28. The highest BCUT2D eigenvalue weighted by Gasteiger charge is 2.17. The van der Waals surface area contributed by atoms with Crippen LogP contribution in [-0.2, 0) is 6.42 Å². The molecule has 6 heteroatoms. The molecule has 0 saturated heterocycles. The Balaban J connectivity index is 0.000000774. The molecule has 3 rings (SSSR count). The van der Waals surface area contributed by atoms with Crippen LogP contribution in [0.4, 0.5) is 0 Å². The Hall–Kier alpha value is -1.92. The van der Waals surface area contributed by atoms with E-state index in [1.807, 2.05) is 26.0 Å². The average Bonchev–Trinajstić information content (AvgIpc) is 3.14. The van der Waals surface area contributed by atoms with Crippen LogP contribution in [0.3, 0.4) is 0 Å². The fourth-order valence-electron chi connectivity index (χ4n) is 2.12. The Morgan fingerprint density at radius 3 is 2.90 bits per heavy atom. The summed E-state index contributed by atoms with van der Waals surface area (Å²) in [6.07, 6.45) is 0.920. The van der Waals surface area contributed by atoms with Crippen LogP contribution in [0.2, 0.25) is 0 Å². The van der Waals surface area contributed by atoms with Crippen molar-refractivity contribution in [1.82, 2.24) is 10.4 Å². The van der Waals surface area contributed by atoms with Gasteiger partial charge in [0.1, 0.15) is 15.6 Å². The molecule has 3 N–H and O–H groups in total. The van der Waals surface area contributed by atoms with Gasteiger partial charge in [-0.1, -0.05) is 13.8 Å². The van der Waals surface area contributed by atoms with Gasteiger partial charge in [0, 0.05) is 12.0 Å². The lowest BCUT2D eigenvalue weighted by Crippen LogP contribution is -2.29. The molecule has 112 valence electrons. The minimum absolute atomic E-state index is 0.300. The summed E-state index contributed by atoms with van der Waals surface area (Å²) in [6, 6.07) is 5.99. The summed E-state index contributed by atoms with van der Waals surface area (Å²) >= 11 is 1.35. The van der Waals surface area contributed by atoms with Crippen molar-refractivity contribution in [3.63, 3.8) is 0 Å². The van der Waals surface area contributed by atoms with E-state index in [0.717, 1.165) is 29.3 Å². The normalized spacial score (nSPS) is 12.0. The van der Waals surface area contributed by atoms with Crippen LogP contribution in [0, 0.1) is 6.92 Å². The maximum atomic E-state index is 11.6. The molecule has 2 aromatic rings. The number of amides is 1. The number of benzene rings is 1. The maximum Gasteiger partial charge on any atom is 0.277 e. The Morgan fingerprint density at radius 1 is 1.43 bits per heavy atom. The number of nitrogens with zero attached hydrogens (tertiary/aromatic N) is 1. The zero-order valence-electron chi connectivity index (χ0n) is 12.4. The summed E-state index contributed by atoms with van der Waals surface area (Å²) in [7, 11) is 0. The molecule has 0 bridgehead atoms. The fourth-order valence-corrected chi connectivity index (χ4v) is 3.08. The van der Waals surface area contributed by atoms with Crippen molar-refractivity contribution < 1.29 is 9.53 Å². The van der Waals surface area contributed by atoms with E-state index < -0.39 is 0 Å². The van der Waals surface area contributed by atoms with Crippen LogP contribution in [-0.4, -0.2) is 17.5 Å². The number of hydrogen-bond donors (Lipinski definition) is 2. The molecule has 0 fully saturated rings. The van der Waals surface area contributed by atoms with Crippen molar-refractivity contribution in [3.8, 4) is 16.3 Å². The summed E-state index contributed by atoms with van der Waals surface area (Å²) in [4.78, 5) is 16.6.